The Labute approximate surface area is 112 Å². The predicted octanol–water partition coefficient (Wildman–Crippen LogP) is -1.44. The maximum Gasteiger partial charge on any atom is 0.329 e. The summed E-state index contributed by atoms with van der Waals surface area (Å²) in [5.74, 6) is 0. The highest BCUT2D eigenvalue weighted by molar-refractivity contribution is 8.01. The highest BCUT2D eigenvalue weighted by Crippen LogP contribution is 2.48. The summed E-state index contributed by atoms with van der Waals surface area (Å²) in [7, 11) is 0. The van der Waals surface area contributed by atoms with E-state index in [4.69, 9.17) is 0 Å². The molecule has 0 amide bonds. The quantitative estimate of drug-likeness (QED) is 0.530. The van der Waals surface area contributed by atoms with E-state index in [2.05, 4.69) is 4.98 Å². The van der Waals surface area contributed by atoms with Crippen LogP contribution in [0, 0.1) is 6.92 Å². The van der Waals surface area contributed by atoms with E-state index >= 15 is 0 Å². The molecule has 8 heteroatoms. The van der Waals surface area contributed by atoms with E-state index in [0.717, 1.165) is 11.8 Å². The lowest BCUT2D eigenvalue weighted by Crippen LogP contribution is -2.42. The van der Waals surface area contributed by atoms with Crippen molar-refractivity contribution in [2.75, 3.05) is 6.61 Å². The van der Waals surface area contributed by atoms with Crippen LogP contribution >= 0.6 is 11.8 Å². The van der Waals surface area contributed by atoms with Gasteiger partial charge in [-0.3, -0.25) is 14.3 Å². The molecule has 2 rings (SSSR count). The number of hydrogen-bond donors (Lipinski definition) is 4. The lowest BCUT2D eigenvalue weighted by atomic mass is 10.0. The minimum absolute atomic E-state index is 0.330. The number of nitrogens with zero attached hydrogens (tertiary/aromatic N) is 1. The first kappa shape index (κ1) is 14.3. The Morgan fingerprint density at radius 2 is 2.11 bits per heavy atom. The molecule has 1 aromatic rings. The lowest BCUT2D eigenvalue weighted by molar-refractivity contribution is -0.00982. The standard InChI is InChI=1S/C11H16N2O5S/c1-5-3-13(10(18)12-8(5)17)9-6(15)7(16)11(2,4-14)19-9/h3,6-7,9,14-16H,4H2,1-2H3,(H,12,17,18)/t6-,7+,9-,11-/m1/s1. The van der Waals surface area contributed by atoms with Crippen LogP contribution in [-0.4, -0.2) is 48.4 Å². The third-order valence-electron chi connectivity index (χ3n) is 3.37. The number of aryl methyl sites for hydroxylation is 1. The van der Waals surface area contributed by atoms with Crippen molar-refractivity contribution >= 4 is 11.8 Å². The molecule has 19 heavy (non-hydrogen) atoms. The summed E-state index contributed by atoms with van der Waals surface area (Å²) in [4.78, 5) is 25.2. The van der Waals surface area contributed by atoms with Crippen molar-refractivity contribution < 1.29 is 15.3 Å². The molecule has 0 unspecified atom stereocenters. The van der Waals surface area contributed by atoms with Crippen molar-refractivity contribution in [3.05, 3.63) is 32.6 Å². The van der Waals surface area contributed by atoms with Gasteiger partial charge >= 0.3 is 5.69 Å². The van der Waals surface area contributed by atoms with Gasteiger partial charge in [0.2, 0.25) is 0 Å². The van der Waals surface area contributed by atoms with Gasteiger partial charge in [-0.15, -0.1) is 11.8 Å². The summed E-state index contributed by atoms with van der Waals surface area (Å²) in [6.07, 6.45) is -1.02. The molecule has 7 nitrogen and oxygen atoms in total. The molecule has 2 heterocycles. The number of aromatic nitrogens is 2. The molecule has 4 atom stereocenters. The Bertz CT molecular complexity index is 597. The Morgan fingerprint density at radius 1 is 1.47 bits per heavy atom. The monoisotopic (exact) mass is 288 g/mol. The van der Waals surface area contributed by atoms with Crippen LogP contribution in [0.2, 0.25) is 0 Å². The lowest BCUT2D eigenvalue weighted by Gasteiger charge is -2.24. The zero-order valence-electron chi connectivity index (χ0n) is 10.5. The van der Waals surface area contributed by atoms with E-state index in [0.29, 0.717) is 5.56 Å². The van der Waals surface area contributed by atoms with Crippen LogP contribution in [0.15, 0.2) is 15.8 Å². The highest BCUT2D eigenvalue weighted by Gasteiger charge is 2.51. The highest BCUT2D eigenvalue weighted by atomic mass is 32.2. The van der Waals surface area contributed by atoms with E-state index in [1.807, 2.05) is 0 Å². The number of H-pyrrole nitrogens is 1. The second-order valence-corrected chi connectivity index (χ2v) is 6.54. The molecule has 0 radical (unpaired) electrons. The average Bonchev–Trinajstić information content (AvgIpc) is 2.59. The maximum atomic E-state index is 11.8. The fourth-order valence-electron chi connectivity index (χ4n) is 2.06. The molecule has 4 N–H and O–H groups in total. The molecule has 0 aromatic carbocycles. The molecule has 106 valence electrons. The second-order valence-electron chi connectivity index (χ2n) is 4.89. The van der Waals surface area contributed by atoms with Crippen molar-refractivity contribution in [3.8, 4) is 0 Å². The van der Waals surface area contributed by atoms with Crippen molar-refractivity contribution in [1.29, 1.82) is 0 Å². The molecular formula is C11H16N2O5S. The Balaban J connectivity index is 2.47. The molecular weight excluding hydrogens is 272 g/mol. The van der Waals surface area contributed by atoms with Gasteiger partial charge in [0.25, 0.3) is 5.56 Å². The van der Waals surface area contributed by atoms with Crippen LogP contribution in [0.3, 0.4) is 0 Å². The molecule has 0 saturated carbocycles. The molecule has 1 saturated heterocycles. The van der Waals surface area contributed by atoms with Crippen LogP contribution in [0.25, 0.3) is 0 Å². The number of nitrogens with one attached hydrogen (secondary N) is 1. The van der Waals surface area contributed by atoms with Crippen LogP contribution in [0.5, 0.6) is 0 Å². The minimum Gasteiger partial charge on any atom is -0.395 e. The SMILES string of the molecule is Cc1cn([C@@H]2S[C@](C)(CO)[C@@H](O)[C@H]2O)c(=O)[nH]c1=O. The van der Waals surface area contributed by atoms with E-state index in [1.165, 1.54) is 10.8 Å². The van der Waals surface area contributed by atoms with Crippen LogP contribution < -0.4 is 11.2 Å². The number of thioether (sulfide) groups is 1. The summed E-state index contributed by atoms with van der Waals surface area (Å²) in [6, 6.07) is 0. The Hall–Kier alpha value is -1.09. The molecule has 1 aromatic heterocycles. The molecule has 1 aliphatic rings. The van der Waals surface area contributed by atoms with Gasteiger partial charge in [-0.25, -0.2) is 4.79 Å². The zero-order chi connectivity index (χ0) is 14.4. The first-order valence-corrected chi connectivity index (χ1v) is 6.65. The van der Waals surface area contributed by atoms with Gasteiger partial charge in [-0.05, 0) is 13.8 Å². The molecule has 0 spiro atoms. The first-order valence-electron chi connectivity index (χ1n) is 5.77. The summed E-state index contributed by atoms with van der Waals surface area (Å²) < 4.78 is 0.226. The third kappa shape index (κ3) is 2.25. The fourth-order valence-corrected chi connectivity index (χ4v) is 3.52. The van der Waals surface area contributed by atoms with E-state index in [9.17, 15) is 24.9 Å². The number of hydrogen-bond acceptors (Lipinski definition) is 6. The Morgan fingerprint density at radius 3 is 2.63 bits per heavy atom. The maximum absolute atomic E-state index is 11.8. The minimum atomic E-state index is -1.20. The van der Waals surface area contributed by atoms with Crippen molar-refractivity contribution in [1.82, 2.24) is 9.55 Å². The first-order chi connectivity index (χ1) is 8.80. The topological polar surface area (TPSA) is 116 Å². The molecule has 1 fully saturated rings. The van der Waals surface area contributed by atoms with Gasteiger partial charge < -0.3 is 15.3 Å². The van der Waals surface area contributed by atoms with Gasteiger partial charge in [0, 0.05) is 11.8 Å². The van der Waals surface area contributed by atoms with Crippen molar-refractivity contribution in [2.24, 2.45) is 0 Å². The van der Waals surface area contributed by atoms with E-state index < -0.39 is 33.6 Å². The van der Waals surface area contributed by atoms with Crippen LogP contribution in [0.4, 0.5) is 0 Å². The van der Waals surface area contributed by atoms with Gasteiger partial charge in [-0.2, -0.15) is 0 Å². The number of aliphatic hydroxyl groups is 3. The summed E-state index contributed by atoms with van der Waals surface area (Å²) >= 11 is 1.10. The summed E-state index contributed by atoms with van der Waals surface area (Å²) in [6.45, 7) is 2.82. The largest absolute Gasteiger partial charge is 0.395 e. The van der Waals surface area contributed by atoms with E-state index in [-0.39, 0.29) is 6.61 Å². The smallest absolute Gasteiger partial charge is 0.329 e. The normalized spacial score (nSPS) is 34.7. The van der Waals surface area contributed by atoms with Gasteiger partial charge in [0.05, 0.1) is 17.5 Å². The molecule has 0 aliphatic carbocycles. The second kappa shape index (κ2) is 4.78. The van der Waals surface area contributed by atoms with Gasteiger partial charge in [0.1, 0.15) is 11.5 Å². The summed E-state index contributed by atoms with van der Waals surface area (Å²) in [5.41, 5.74) is -0.801. The van der Waals surface area contributed by atoms with Crippen LogP contribution in [-0.2, 0) is 0 Å². The summed E-state index contributed by atoms with van der Waals surface area (Å²) in [5, 5.41) is 28.5. The van der Waals surface area contributed by atoms with Gasteiger partial charge in [0.15, 0.2) is 0 Å². The fraction of sp³-hybridized carbons (Fsp3) is 0.636. The van der Waals surface area contributed by atoms with Crippen LogP contribution in [0.1, 0.15) is 17.9 Å². The number of aromatic amines is 1. The van der Waals surface area contributed by atoms with Crippen molar-refractivity contribution in [3.63, 3.8) is 0 Å². The van der Waals surface area contributed by atoms with E-state index in [1.54, 1.807) is 13.8 Å². The molecule has 1 aliphatic heterocycles. The number of aliphatic hydroxyl groups excluding tert-OH is 3. The molecule has 0 bridgehead atoms. The third-order valence-corrected chi connectivity index (χ3v) is 5.02. The average molecular weight is 288 g/mol. The van der Waals surface area contributed by atoms with Crippen molar-refractivity contribution in [2.45, 2.75) is 36.2 Å². The van der Waals surface area contributed by atoms with Gasteiger partial charge in [-0.1, -0.05) is 0 Å². The number of rotatable bonds is 2. The Kier molecular flexibility index (Phi) is 3.61. The predicted molar refractivity (Wildman–Crippen MR) is 70.2 cm³/mol. The zero-order valence-corrected chi connectivity index (χ0v) is 11.3.